The van der Waals surface area contributed by atoms with Gasteiger partial charge in [-0.25, -0.2) is 4.79 Å². The molecule has 0 aromatic heterocycles. The van der Waals surface area contributed by atoms with Gasteiger partial charge in [-0.05, 0) is 76.7 Å². The third-order valence-electron chi connectivity index (χ3n) is 5.70. The predicted molar refractivity (Wildman–Crippen MR) is 152 cm³/mol. The van der Waals surface area contributed by atoms with Gasteiger partial charge in [0.05, 0.1) is 0 Å². The highest BCUT2D eigenvalue weighted by Crippen LogP contribution is 2.25. The van der Waals surface area contributed by atoms with Crippen molar-refractivity contribution < 1.29 is 19.1 Å². The van der Waals surface area contributed by atoms with E-state index in [0.29, 0.717) is 36.3 Å². The fourth-order valence-electron chi connectivity index (χ4n) is 3.90. The number of carbonyl (C=O) groups is 3. The molecule has 0 aliphatic carbocycles. The van der Waals surface area contributed by atoms with Gasteiger partial charge in [0, 0.05) is 18.2 Å². The van der Waals surface area contributed by atoms with E-state index in [1.54, 1.807) is 61.7 Å². The Hall–Kier alpha value is -2.66. The van der Waals surface area contributed by atoms with Crippen LogP contribution in [0.3, 0.4) is 0 Å². The second-order valence-corrected chi connectivity index (χ2v) is 11.2. The highest BCUT2D eigenvalue weighted by Gasteiger charge is 2.36. The number of unbranched alkanes of at least 4 members (excludes halogenated alkanes) is 1. The monoisotopic (exact) mass is 531 g/mol. The summed E-state index contributed by atoms with van der Waals surface area (Å²) in [5.74, 6) is 2.70. The zero-order valence-corrected chi connectivity index (χ0v) is 24.4. The lowest BCUT2D eigenvalue weighted by molar-refractivity contribution is -0.142. The van der Waals surface area contributed by atoms with E-state index < -0.39 is 23.8 Å². The van der Waals surface area contributed by atoms with E-state index in [9.17, 15) is 14.4 Å². The number of terminal acetylenes is 1. The van der Waals surface area contributed by atoms with Gasteiger partial charge >= 0.3 is 6.09 Å². The summed E-state index contributed by atoms with van der Waals surface area (Å²) in [5, 5.41) is 5.85. The van der Waals surface area contributed by atoms with Crippen molar-refractivity contribution in [2.24, 2.45) is 0 Å². The minimum atomic E-state index is -0.859. The Kier molecular flexibility index (Phi) is 14.2. The molecule has 7 nitrogen and oxygen atoms in total. The number of benzene rings is 1. The van der Waals surface area contributed by atoms with Crippen LogP contribution in [0.2, 0.25) is 0 Å². The molecular weight excluding hydrogens is 486 g/mol. The average molecular weight is 532 g/mol. The van der Waals surface area contributed by atoms with Crippen molar-refractivity contribution in [2.75, 3.05) is 18.6 Å². The normalized spacial score (nSPS) is 13.6. The molecule has 206 valence electrons. The molecule has 1 aromatic carbocycles. The number of amides is 3. The Balaban J connectivity index is 3.46. The van der Waals surface area contributed by atoms with Crippen molar-refractivity contribution in [1.29, 1.82) is 0 Å². The summed E-state index contributed by atoms with van der Waals surface area (Å²) in [4.78, 5) is 41.9. The van der Waals surface area contributed by atoms with Gasteiger partial charge in [0.15, 0.2) is 0 Å². The van der Waals surface area contributed by atoms with Crippen molar-refractivity contribution >= 4 is 29.7 Å². The summed E-state index contributed by atoms with van der Waals surface area (Å²) in [6.45, 7) is 11.8. The van der Waals surface area contributed by atoms with Crippen molar-refractivity contribution in [3.05, 3.63) is 35.4 Å². The molecule has 0 bridgehead atoms. The Morgan fingerprint density at radius 1 is 1.08 bits per heavy atom. The van der Waals surface area contributed by atoms with Gasteiger partial charge in [0.1, 0.15) is 17.7 Å². The Bertz CT molecular complexity index is 905. The first-order valence-corrected chi connectivity index (χ1v) is 14.5. The topological polar surface area (TPSA) is 87.7 Å². The number of ether oxygens (including phenoxy) is 1. The van der Waals surface area contributed by atoms with Crippen LogP contribution in [0.4, 0.5) is 4.79 Å². The van der Waals surface area contributed by atoms with Crippen molar-refractivity contribution in [3.63, 3.8) is 0 Å². The summed E-state index contributed by atoms with van der Waals surface area (Å²) in [5.41, 5.74) is 0.666. The van der Waals surface area contributed by atoms with Crippen LogP contribution in [-0.2, 0) is 14.3 Å². The molecule has 3 amide bonds. The molecule has 0 fully saturated rings. The first kappa shape index (κ1) is 32.4. The van der Waals surface area contributed by atoms with Gasteiger partial charge in [0.25, 0.3) is 0 Å². The number of nitrogens with one attached hydrogen (secondary N) is 2. The van der Waals surface area contributed by atoms with E-state index in [1.165, 1.54) is 0 Å². The van der Waals surface area contributed by atoms with Crippen LogP contribution < -0.4 is 10.6 Å². The number of carbonyl (C=O) groups excluding carboxylic acids is 3. The van der Waals surface area contributed by atoms with Gasteiger partial charge in [-0.2, -0.15) is 11.8 Å². The first-order chi connectivity index (χ1) is 17.5. The van der Waals surface area contributed by atoms with Gasteiger partial charge < -0.3 is 20.3 Å². The summed E-state index contributed by atoms with van der Waals surface area (Å²) < 4.78 is 5.43. The number of hydrogen-bond acceptors (Lipinski definition) is 5. The maximum Gasteiger partial charge on any atom is 0.408 e. The second-order valence-electron chi connectivity index (χ2n) is 10.2. The molecule has 0 saturated heterocycles. The van der Waals surface area contributed by atoms with Crippen LogP contribution in [0.25, 0.3) is 0 Å². The largest absolute Gasteiger partial charge is 0.444 e. The molecule has 37 heavy (non-hydrogen) atoms. The molecular formula is C29H45N3O4S. The Morgan fingerprint density at radius 3 is 2.24 bits per heavy atom. The summed E-state index contributed by atoms with van der Waals surface area (Å²) in [7, 11) is 0. The molecule has 3 atom stereocenters. The summed E-state index contributed by atoms with van der Waals surface area (Å²) in [6, 6.07) is 5.42. The van der Waals surface area contributed by atoms with E-state index in [2.05, 4.69) is 23.5 Å². The molecule has 1 aromatic rings. The van der Waals surface area contributed by atoms with Gasteiger partial charge in [-0.15, -0.1) is 6.42 Å². The zero-order chi connectivity index (χ0) is 28.0. The maximum atomic E-state index is 14.0. The highest BCUT2D eigenvalue weighted by atomic mass is 32.2. The average Bonchev–Trinajstić information content (AvgIpc) is 2.83. The SMILES string of the molecule is C#Cc1ccc(C(C(=O)NC(C)CCC)N(CCCC)C(=O)C(CCSC)NC(=O)OC(C)(C)C)cc1. The Labute approximate surface area is 227 Å². The predicted octanol–water partition coefficient (Wildman–Crippen LogP) is 5.29. The lowest BCUT2D eigenvalue weighted by atomic mass is 10.00. The van der Waals surface area contributed by atoms with E-state index in [1.807, 2.05) is 20.1 Å². The molecule has 2 N–H and O–H groups in total. The van der Waals surface area contributed by atoms with Crippen LogP contribution in [-0.4, -0.2) is 59.0 Å². The molecule has 0 spiro atoms. The van der Waals surface area contributed by atoms with E-state index in [-0.39, 0.29) is 17.9 Å². The van der Waals surface area contributed by atoms with Gasteiger partial charge in [-0.3, -0.25) is 9.59 Å². The van der Waals surface area contributed by atoms with Crippen molar-refractivity contribution in [2.45, 2.75) is 97.4 Å². The maximum absolute atomic E-state index is 14.0. The second kappa shape index (κ2) is 16.2. The number of alkyl carbamates (subject to hydrolysis) is 1. The van der Waals surface area contributed by atoms with Gasteiger partial charge in [0.2, 0.25) is 11.8 Å². The smallest absolute Gasteiger partial charge is 0.408 e. The zero-order valence-electron chi connectivity index (χ0n) is 23.6. The van der Waals surface area contributed by atoms with Crippen LogP contribution in [0.15, 0.2) is 24.3 Å². The molecule has 0 aliphatic rings. The minimum Gasteiger partial charge on any atom is -0.444 e. The van der Waals surface area contributed by atoms with E-state index in [0.717, 1.165) is 19.3 Å². The van der Waals surface area contributed by atoms with Crippen molar-refractivity contribution in [1.82, 2.24) is 15.5 Å². The summed E-state index contributed by atoms with van der Waals surface area (Å²) >= 11 is 1.59. The van der Waals surface area contributed by atoms with Crippen LogP contribution >= 0.6 is 11.8 Å². The molecule has 0 radical (unpaired) electrons. The van der Waals surface area contributed by atoms with E-state index >= 15 is 0 Å². The lowest BCUT2D eigenvalue weighted by Gasteiger charge is -2.35. The molecule has 3 unspecified atom stereocenters. The number of thioether (sulfide) groups is 1. The summed E-state index contributed by atoms with van der Waals surface area (Å²) in [6.07, 6.45) is 10.6. The minimum absolute atomic E-state index is 0.0414. The molecule has 0 aliphatic heterocycles. The van der Waals surface area contributed by atoms with Crippen LogP contribution in [0.1, 0.15) is 90.8 Å². The van der Waals surface area contributed by atoms with Crippen molar-refractivity contribution in [3.8, 4) is 12.3 Å². The molecule has 8 heteroatoms. The Morgan fingerprint density at radius 2 is 1.73 bits per heavy atom. The number of nitrogens with zero attached hydrogens (tertiary/aromatic N) is 1. The van der Waals surface area contributed by atoms with Crippen LogP contribution in [0.5, 0.6) is 0 Å². The third kappa shape index (κ3) is 11.5. The van der Waals surface area contributed by atoms with Gasteiger partial charge in [-0.1, -0.05) is 44.7 Å². The quantitative estimate of drug-likeness (QED) is 0.319. The first-order valence-electron chi connectivity index (χ1n) is 13.1. The third-order valence-corrected chi connectivity index (χ3v) is 6.34. The fourth-order valence-corrected chi connectivity index (χ4v) is 4.37. The highest BCUT2D eigenvalue weighted by molar-refractivity contribution is 7.98. The standard InChI is InChI=1S/C29H45N3O4S/c1-9-12-19-32(27(34)24(18-20-37-8)31-28(35)36-29(5,6)7)25(26(33)30-21(4)13-10-2)23-16-14-22(11-3)15-17-23/h3,14-17,21,24-25H,9-10,12-13,18-20H2,1-2,4-8H3,(H,30,33)(H,31,35). The number of hydrogen-bond donors (Lipinski definition) is 2. The molecule has 0 saturated carbocycles. The molecule has 0 heterocycles. The van der Waals surface area contributed by atoms with E-state index in [4.69, 9.17) is 11.2 Å². The number of rotatable bonds is 14. The fraction of sp³-hybridized carbons (Fsp3) is 0.621. The van der Waals surface area contributed by atoms with Crippen LogP contribution in [0, 0.1) is 12.3 Å². The lowest BCUT2D eigenvalue weighted by Crippen LogP contribution is -2.54. The molecule has 1 rings (SSSR count).